The first-order valence-electron chi connectivity index (χ1n) is 41.8. The van der Waals surface area contributed by atoms with Crippen molar-refractivity contribution < 1.29 is 0 Å². The van der Waals surface area contributed by atoms with Gasteiger partial charge in [-0.2, -0.15) is 47.5 Å². The molecule has 0 spiro atoms. The van der Waals surface area contributed by atoms with Crippen LogP contribution in [0.1, 0.15) is 73.0 Å². The summed E-state index contributed by atoms with van der Waals surface area (Å²) in [5.41, 5.74) is 20.9. The van der Waals surface area contributed by atoms with Crippen LogP contribution in [0.2, 0.25) is 20.1 Å². The lowest BCUT2D eigenvalue weighted by Gasteiger charge is -2.10. The number of nitrogens with zero attached hydrogens (tertiary/aromatic N) is 15. The minimum Gasteiger partial charge on any atom is -0.379 e. The summed E-state index contributed by atoms with van der Waals surface area (Å²) in [5, 5.41) is 34.0. The first-order chi connectivity index (χ1) is 63.8. The SMILES string of the molecule is Cc1ccc(-c2nc3nc(CNc4ccc(Cl)cc4)cc(=O)n3[nH]2)cc1C.Cc1ccc(-c2nc3nc(CNc4cccc(C)c4C)cc(=O)n3[nH]2)cc1C.Cc1cccc(-c2nc3nc(CNc4ccc(Cl)cc4)cc(=O)n3[nH]2)c1.Cc1ccccc1NCc1cc(=O)n2[nH]c(-c3ccc(Cl)cc3)nc2n1.O=c1cc(CNc2ccccc2)nc2nc(-c3ccc(Cl)cc3)[nH]n12. The predicted octanol–water partition coefficient (Wildman–Crippen LogP) is 18.6. The van der Waals surface area contributed by atoms with E-state index in [-0.39, 0.29) is 27.8 Å². The second kappa shape index (κ2) is 40.2. The molecule has 0 aliphatic rings. The Morgan fingerprint density at radius 1 is 0.242 bits per heavy atom. The van der Waals surface area contributed by atoms with Crippen molar-refractivity contribution in [1.29, 1.82) is 0 Å². The number of hydrogen-bond acceptors (Lipinski definition) is 20. The van der Waals surface area contributed by atoms with Crippen molar-refractivity contribution in [1.82, 2.24) is 97.9 Å². The number of aromatic nitrogens is 20. The van der Waals surface area contributed by atoms with Gasteiger partial charge in [-0.25, -0.2) is 24.9 Å². The molecule has 10 N–H and O–H groups in total. The van der Waals surface area contributed by atoms with Crippen LogP contribution in [0.5, 0.6) is 0 Å². The summed E-state index contributed by atoms with van der Waals surface area (Å²) in [6.07, 6.45) is 0. The highest BCUT2D eigenvalue weighted by Crippen LogP contribution is 2.27. The molecule has 0 radical (unpaired) electrons. The Balaban J connectivity index is 0.000000120. The fraction of sp³-hybridized carbons (Fsp3) is 0.133. The number of hydrogen-bond donors (Lipinski definition) is 10. The molecule has 10 aromatic heterocycles. The Morgan fingerprint density at radius 2 is 0.530 bits per heavy atom. The molecular weight excluding hydrogens is 1750 g/mol. The number of benzene rings is 10. The van der Waals surface area contributed by atoms with Crippen molar-refractivity contribution >= 4 is 104 Å². The number of nitrogens with one attached hydrogen (secondary N) is 10. The number of anilines is 5. The zero-order valence-electron chi connectivity index (χ0n) is 72.6. The number of H-pyrrole nitrogens is 5. The fourth-order valence-corrected chi connectivity index (χ4v) is 14.4. The number of rotatable bonds is 20. The lowest BCUT2D eigenvalue weighted by atomic mass is 10.1. The lowest BCUT2D eigenvalue weighted by molar-refractivity contribution is 0.878. The third-order valence-electron chi connectivity index (χ3n) is 21.6. The Kier molecular flexibility index (Phi) is 27.3. The summed E-state index contributed by atoms with van der Waals surface area (Å²) in [5.74, 6) is 4.74. The monoisotopic (exact) mass is 1830 g/mol. The zero-order valence-corrected chi connectivity index (χ0v) is 75.6. The molecule has 0 saturated heterocycles. The molecule has 10 aromatic carbocycles. The van der Waals surface area contributed by atoms with Gasteiger partial charge >= 0.3 is 0 Å². The van der Waals surface area contributed by atoms with Gasteiger partial charge < -0.3 is 26.6 Å². The summed E-state index contributed by atoms with van der Waals surface area (Å²) < 4.78 is 6.75. The van der Waals surface area contributed by atoms with E-state index in [1.165, 1.54) is 86.3 Å². The van der Waals surface area contributed by atoms with E-state index in [2.05, 4.69) is 149 Å². The molecule has 20 aromatic rings. The van der Waals surface area contributed by atoms with Crippen LogP contribution in [0.25, 0.3) is 85.8 Å². The molecule has 0 atom stereocenters. The van der Waals surface area contributed by atoms with E-state index in [1.807, 2.05) is 191 Å². The number of halogens is 4. The zero-order chi connectivity index (χ0) is 92.2. The highest BCUT2D eigenvalue weighted by molar-refractivity contribution is 6.31. The molecule has 0 bridgehead atoms. The molecule has 132 heavy (non-hydrogen) atoms. The van der Waals surface area contributed by atoms with Crippen molar-refractivity contribution in [3.8, 4) is 56.9 Å². The first kappa shape index (κ1) is 89.5. The van der Waals surface area contributed by atoms with Gasteiger partial charge in [-0.05, 0) is 234 Å². The van der Waals surface area contributed by atoms with Gasteiger partial charge in [0.05, 0.1) is 61.2 Å². The van der Waals surface area contributed by atoms with Crippen molar-refractivity contribution in [2.45, 2.75) is 88.1 Å². The van der Waals surface area contributed by atoms with Gasteiger partial charge in [-0.15, -0.1) is 0 Å². The smallest absolute Gasteiger partial charge is 0.274 e. The number of para-hydroxylation sites is 2. The Hall–Kier alpha value is -15.9. The molecule has 10 heterocycles. The van der Waals surface area contributed by atoms with Crippen LogP contribution >= 0.6 is 46.4 Å². The van der Waals surface area contributed by atoms with Crippen LogP contribution in [0.15, 0.2) is 285 Å². The van der Waals surface area contributed by atoms with Gasteiger partial charge in [-0.3, -0.25) is 49.5 Å². The molecule has 0 saturated carbocycles. The molecule has 0 unspecified atom stereocenters. The van der Waals surface area contributed by atoms with Crippen LogP contribution in [-0.4, -0.2) is 97.9 Å². The van der Waals surface area contributed by atoms with Crippen molar-refractivity contribution in [3.05, 3.63) is 406 Å². The van der Waals surface area contributed by atoms with Crippen LogP contribution in [0.4, 0.5) is 28.4 Å². The number of fused-ring (bicyclic) bond motifs is 5. The maximum atomic E-state index is 12.5. The van der Waals surface area contributed by atoms with Crippen LogP contribution in [-0.2, 0) is 32.7 Å². The molecule has 0 amide bonds. The molecule has 30 nitrogen and oxygen atoms in total. The molecule has 34 heteroatoms. The topological polar surface area (TPSA) is 375 Å². The standard InChI is InChI=1S/C22H23N5O.C20H18ClN5O.2C19H16ClN5O.C18H14ClN5O/c1-13-8-9-17(10-15(13)3)21-25-22-24-18(11-20(28)27(22)26-21)12-23-19-7-5-6-14(2)16(19)4;1-12-3-4-14(9-13(12)2)19-24-20-23-17(10-18(27)26(20)25-19)11-22-16-7-5-15(21)6-8-16;1-12-3-2-4-13(9-12)18-23-19-22-16(10-17(26)25(19)24-18)11-21-15-7-5-14(20)6-8-15;1-12-4-2-3-5-16(12)21-11-15-10-17(26)25-19(22-15)23-18(24-25)13-6-8-14(20)9-7-13;19-13-8-6-12(7-9-13)17-22-18-21-15(10-16(25)24(18)23-17)11-20-14-4-2-1-3-5-14/h5-11,23H,12H2,1-4H3,(H,24,25,26);3-10,22H,11H2,1-2H3,(H,23,24,25);2*2-10,21H,11H2,1H3,(H,22,23,24);1-10,20H,11H2,(H,21,22,23). The predicted molar refractivity (Wildman–Crippen MR) is 522 cm³/mol. The van der Waals surface area contributed by atoms with Crippen molar-refractivity contribution in [2.75, 3.05) is 26.6 Å². The summed E-state index contributed by atoms with van der Waals surface area (Å²) in [6, 6.07) is 80.6. The maximum absolute atomic E-state index is 12.5. The van der Waals surface area contributed by atoms with Gasteiger partial charge in [0.15, 0.2) is 29.1 Å². The third kappa shape index (κ3) is 21.9. The highest BCUT2D eigenvalue weighted by atomic mass is 35.5. The van der Waals surface area contributed by atoms with E-state index in [4.69, 9.17) is 46.4 Å². The average molecular weight is 1840 g/mol. The maximum Gasteiger partial charge on any atom is 0.274 e. The van der Waals surface area contributed by atoms with Crippen LogP contribution in [0, 0.1) is 55.4 Å². The lowest BCUT2D eigenvalue weighted by Crippen LogP contribution is -2.17. The molecule has 20 rings (SSSR count). The van der Waals surface area contributed by atoms with E-state index in [0.29, 0.717) is 139 Å². The van der Waals surface area contributed by atoms with Crippen molar-refractivity contribution in [3.63, 3.8) is 0 Å². The summed E-state index contributed by atoms with van der Waals surface area (Å²) in [6.45, 7) is 18.6. The summed E-state index contributed by atoms with van der Waals surface area (Å²) >= 11 is 23.6. The van der Waals surface area contributed by atoms with Crippen molar-refractivity contribution in [2.24, 2.45) is 0 Å². The van der Waals surface area contributed by atoms with Crippen LogP contribution < -0.4 is 54.4 Å². The second-order valence-corrected chi connectivity index (χ2v) is 32.9. The van der Waals surface area contributed by atoms with Gasteiger partial charge in [0.1, 0.15) is 0 Å². The van der Waals surface area contributed by atoms with E-state index < -0.39 is 0 Å². The highest BCUT2D eigenvalue weighted by Gasteiger charge is 2.18. The summed E-state index contributed by atoms with van der Waals surface area (Å²) in [4.78, 5) is 107. The van der Waals surface area contributed by atoms with E-state index in [1.54, 1.807) is 48.5 Å². The van der Waals surface area contributed by atoms with Gasteiger partial charge in [0.2, 0.25) is 0 Å². The molecule has 0 aliphatic carbocycles. The van der Waals surface area contributed by atoms with Gasteiger partial charge in [0, 0.05) is 107 Å². The minimum absolute atomic E-state index is 0.176. The number of aryl methyl sites for hydroxylation is 7. The summed E-state index contributed by atoms with van der Waals surface area (Å²) in [7, 11) is 0. The molecule has 0 fully saturated rings. The fourth-order valence-electron chi connectivity index (χ4n) is 13.9. The van der Waals surface area contributed by atoms with E-state index >= 15 is 0 Å². The quantitative estimate of drug-likeness (QED) is 0.0339. The van der Waals surface area contributed by atoms with Gasteiger partial charge in [0.25, 0.3) is 56.7 Å². The van der Waals surface area contributed by atoms with E-state index in [0.717, 1.165) is 67.4 Å². The second-order valence-electron chi connectivity index (χ2n) is 31.2. The molecule has 0 aliphatic heterocycles. The molecular formula is C98H87Cl4N25O5. The Labute approximate surface area is 773 Å². The van der Waals surface area contributed by atoms with Crippen LogP contribution in [0.3, 0.4) is 0 Å². The number of aromatic amines is 5. The Morgan fingerprint density at radius 3 is 0.886 bits per heavy atom. The molecule has 662 valence electrons. The third-order valence-corrected chi connectivity index (χ3v) is 22.6. The Bertz CT molecular complexity index is 7900. The average Bonchev–Trinajstić information content (AvgIpc) is 1.67. The van der Waals surface area contributed by atoms with E-state index in [9.17, 15) is 24.0 Å². The van der Waals surface area contributed by atoms with Gasteiger partial charge in [-0.1, -0.05) is 143 Å². The largest absolute Gasteiger partial charge is 0.379 e. The normalized spacial score (nSPS) is 11.0. The first-order valence-corrected chi connectivity index (χ1v) is 43.4. The minimum atomic E-state index is -0.206.